The van der Waals surface area contributed by atoms with E-state index in [1.165, 1.54) is 0 Å². The van der Waals surface area contributed by atoms with Gasteiger partial charge in [0.1, 0.15) is 11.8 Å². The number of fused-ring (bicyclic) bond motifs is 1. The lowest BCUT2D eigenvalue weighted by molar-refractivity contribution is 0.0892. The van der Waals surface area contributed by atoms with Crippen molar-refractivity contribution < 1.29 is 22.0 Å². The zero-order chi connectivity index (χ0) is 16.6. The molecule has 2 aromatic rings. The van der Waals surface area contributed by atoms with Crippen LogP contribution in [0.3, 0.4) is 0 Å². The second kappa shape index (κ2) is 5.96. The molecule has 3 rings (SSSR count). The van der Waals surface area contributed by atoms with Crippen LogP contribution in [0.25, 0.3) is 11.0 Å². The summed E-state index contributed by atoms with van der Waals surface area (Å²) in [5.74, 6) is -0.902. The van der Waals surface area contributed by atoms with E-state index in [1.54, 1.807) is 24.3 Å². The Labute approximate surface area is 133 Å². The van der Waals surface area contributed by atoms with Crippen LogP contribution in [-0.2, 0) is 15.6 Å². The first-order valence-electron chi connectivity index (χ1n) is 7.48. The molecule has 124 valence electrons. The van der Waals surface area contributed by atoms with Crippen LogP contribution in [0.1, 0.15) is 35.4 Å². The van der Waals surface area contributed by atoms with Crippen LogP contribution >= 0.6 is 0 Å². The highest BCUT2D eigenvalue weighted by atomic mass is 32.2. The maximum Gasteiger partial charge on any atom is 0.287 e. The Bertz CT molecular complexity index is 843. The van der Waals surface area contributed by atoms with Crippen molar-refractivity contribution in [3.63, 3.8) is 0 Å². The van der Waals surface area contributed by atoms with Crippen molar-refractivity contribution in [1.82, 2.24) is 5.32 Å². The van der Waals surface area contributed by atoms with Crippen molar-refractivity contribution in [2.45, 2.75) is 37.2 Å². The molecule has 1 aliphatic carbocycles. The summed E-state index contributed by atoms with van der Waals surface area (Å²) < 4.78 is 42.6. The fraction of sp³-hybridized carbons (Fsp3) is 0.438. The first kappa shape index (κ1) is 16.0. The van der Waals surface area contributed by atoms with E-state index in [4.69, 9.17) is 4.42 Å². The third kappa shape index (κ3) is 3.39. The SMILES string of the molecule is CS(=O)(=O)Cc1c(C(=O)N[C@H]2CCC[C@H]2F)oc2ccccc12. The van der Waals surface area contributed by atoms with Crippen LogP contribution in [0.5, 0.6) is 0 Å². The lowest BCUT2D eigenvalue weighted by Crippen LogP contribution is -2.38. The minimum Gasteiger partial charge on any atom is -0.451 e. The van der Waals surface area contributed by atoms with Crippen LogP contribution in [0.4, 0.5) is 4.39 Å². The van der Waals surface area contributed by atoms with Gasteiger partial charge in [-0.1, -0.05) is 18.2 Å². The number of nitrogens with one attached hydrogen (secondary N) is 1. The molecule has 0 unspecified atom stereocenters. The minimum atomic E-state index is -3.35. The number of hydrogen-bond acceptors (Lipinski definition) is 4. The number of amides is 1. The van der Waals surface area contributed by atoms with Crippen LogP contribution in [0, 0.1) is 0 Å². The fourth-order valence-corrected chi connectivity index (χ4v) is 3.81. The van der Waals surface area contributed by atoms with Crippen molar-refractivity contribution in [3.05, 3.63) is 35.6 Å². The number of carbonyl (C=O) groups excluding carboxylic acids is 1. The highest BCUT2D eigenvalue weighted by Crippen LogP contribution is 2.28. The lowest BCUT2D eigenvalue weighted by Gasteiger charge is -2.14. The Morgan fingerprint density at radius 2 is 2.09 bits per heavy atom. The Morgan fingerprint density at radius 3 is 2.74 bits per heavy atom. The van der Waals surface area contributed by atoms with Crippen molar-refractivity contribution in [2.75, 3.05) is 6.26 Å². The van der Waals surface area contributed by atoms with Crippen LogP contribution in [0.2, 0.25) is 0 Å². The molecule has 1 N–H and O–H groups in total. The zero-order valence-corrected chi connectivity index (χ0v) is 13.5. The van der Waals surface area contributed by atoms with Gasteiger partial charge in [0.05, 0.1) is 11.8 Å². The van der Waals surface area contributed by atoms with E-state index in [0.29, 0.717) is 29.4 Å². The Balaban J connectivity index is 1.98. The molecule has 0 radical (unpaired) electrons. The minimum absolute atomic E-state index is 0.0456. The van der Waals surface area contributed by atoms with Gasteiger partial charge in [0.15, 0.2) is 15.6 Å². The molecule has 23 heavy (non-hydrogen) atoms. The molecule has 5 nitrogen and oxygen atoms in total. The van der Waals surface area contributed by atoms with Gasteiger partial charge < -0.3 is 9.73 Å². The molecular formula is C16H18FNO4S. The van der Waals surface area contributed by atoms with Crippen LogP contribution < -0.4 is 5.32 Å². The maximum absolute atomic E-state index is 13.7. The van der Waals surface area contributed by atoms with E-state index in [9.17, 15) is 17.6 Å². The molecule has 0 saturated heterocycles. The molecular weight excluding hydrogens is 321 g/mol. The molecule has 1 aromatic carbocycles. The smallest absolute Gasteiger partial charge is 0.287 e. The van der Waals surface area contributed by atoms with Gasteiger partial charge in [-0.25, -0.2) is 12.8 Å². The molecule has 1 amide bonds. The number of halogens is 1. The van der Waals surface area contributed by atoms with Crippen LogP contribution in [0.15, 0.2) is 28.7 Å². The zero-order valence-electron chi connectivity index (χ0n) is 12.7. The van der Waals surface area contributed by atoms with Gasteiger partial charge in [-0.15, -0.1) is 0 Å². The summed E-state index contributed by atoms with van der Waals surface area (Å²) in [5, 5.41) is 3.22. The summed E-state index contributed by atoms with van der Waals surface area (Å²) in [5.41, 5.74) is 0.772. The van der Waals surface area contributed by atoms with Gasteiger partial charge in [-0.05, 0) is 25.3 Å². The lowest BCUT2D eigenvalue weighted by atomic mass is 10.1. The summed E-state index contributed by atoms with van der Waals surface area (Å²) in [7, 11) is -3.35. The first-order chi connectivity index (χ1) is 10.8. The highest BCUT2D eigenvalue weighted by Gasteiger charge is 2.31. The normalized spacial score (nSPS) is 21.7. The quantitative estimate of drug-likeness (QED) is 0.929. The third-order valence-corrected chi connectivity index (χ3v) is 4.87. The summed E-state index contributed by atoms with van der Waals surface area (Å²) in [6.07, 6.45) is 1.77. The molecule has 1 saturated carbocycles. The molecule has 7 heteroatoms. The number of para-hydroxylation sites is 1. The van der Waals surface area contributed by atoms with Crippen LogP contribution in [-0.4, -0.2) is 32.8 Å². The predicted octanol–water partition coefficient (Wildman–Crippen LogP) is 2.60. The van der Waals surface area contributed by atoms with Gasteiger partial charge in [0.25, 0.3) is 5.91 Å². The molecule has 1 aliphatic rings. The molecule has 1 heterocycles. The topological polar surface area (TPSA) is 76.4 Å². The van der Waals surface area contributed by atoms with E-state index in [-0.39, 0.29) is 11.5 Å². The summed E-state index contributed by atoms with van der Waals surface area (Å²) >= 11 is 0. The molecule has 2 atom stereocenters. The molecule has 0 spiro atoms. The largest absolute Gasteiger partial charge is 0.451 e. The number of rotatable bonds is 4. The average molecular weight is 339 g/mol. The predicted molar refractivity (Wildman–Crippen MR) is 84.8 cm³/mol. The molecule has 0 aliphatic heterocycles. The van der Waals surface area contributed by atoms with Crippen molar-refractivity contribution >= 4 is 26.7 Å². The van der Waals surface area contributed by atoms with E-state index < -0.39 is 28.0 Å². The standard InChI is InChI=1S/C16H18FNO4S/c1-23(20,21)9-11-10-5-2-3-8-14(10)22-15(11)16(19)18-13-7-4-6-12(13)17/h2-3,5,8,12-13H,4,6-7,9H2,1H3,(H,18,19)/t12-,13+/m1/s1. The summed E-state index contributed by atoms with van der Waals surface area (Å²) in [6.45, 7) is 0. The van der Waals surface area contributed by atoms with Crippen molar-refractivity contribution in [2.24, 2.45) is 0 Å². The van der Waals surface area contributed by atoms with E-state index in [1.807, 2.05) is 0 Å². The fourth-order valence-electron chi connectivity index (χ4n) is 3.00. The number of hydrogen-bond donors (Lipinski definition) is 1. The number of furan rings is 1. The van der Waals surface area contributed by atoms with E-state index in [0.717, 1.165) is 12.7 Å². The second-order valence-electron chi connectivity index (χ2n) is 6.00. The Morgan fingerprint density at radius 1 is 1.35 bits per heavy atom. The van der Waals surface area contributed by atoms with Gasteiger partial charge in [-0.2, -0.15) is 0 Å². The monoisotopic (exact) mass is 339 g/mol. The molecule has 1 fully saturated rings. The third-order valence-electron chi connectivity index (χ3n) is 4.06. The van der Waals surface area contributed by atoms with Gasteiger partial charge in [-0.3, -0.25) is 4.79 Å². The van der Waals surface area contributed by atoms with Gasteiger partial charge >= 0.3 is 0 Å². The molecule has 0 bridgehead atoms. The number of sulfone groups is 1. The summed E-state index contributed by atoms with van der Waals surface area (Å²) in [6, 6.07) is 6.34. The number of alkyl halides is 1. The van der Waals surface area contributed by atoms with E-state index >= 15 is 0 Å². The second-order valence-corrected chi connectivity index (χ2v) is 8.14. The maximum atomic E-state index is 13.7. The Kier molecular flexibility index (Phi) is 4.14. The number of carbonyl (C=O) groups is 1. The summed E-state index contributed by atoms with van der Waals surface area (Å²) in [4.78, 5) is 12.5. The Hall–Kier alpha value is -1.89. The highest BCUT2D eigenvalue weighted by molar-refractivity contribution is 7.89. The van der Waals surface area contributed by atoms with Gasteiger partial charge in [0.2, 0.25) is 0 Å². The molecule has 1 aromatic heterocycles. The average Bonchev–Trinajstić information content (AvgIpc) is 3.02. The van der Waals surface area contributed by atoms with Gasteiger partial charge in [0, 0.05) is 17.2 Å². The first-order valence-corrected chi connectivity index (χ1v) is 9.54. The van der Waals surface area contributed by atoms with E-state index in [2.05, 4.69) is 5.32 Å². The number of benzene rings is 1. The van der Waals surface area contributed by atoms with Crippen molar-refractivity contribution in [1.29, 1.82) is 0 Å². The van der Waals surface area contributed by atoms with Crippen molar-refractivity contribution in [3.8, 4) is 0 Å².